The monoisotopic (exact) mass is 310 g/mol. The number of aromatic nitrogens is 2. The molecule has 1 heterocycles. The summed E-state index contributed by atoms with van der Waals surface area (Å²) in [5.41, 5.74) is 3.72. The van der Waals surface area contributed by atoms with Crippen LogP contribution in [0.2, 0.25) is 0 Å². The molecule has 0 fully saturated rings. The molecule has 2 aromatic rings. The highest BCUT2D eigenvalue weighted by Gasteiger charge is 2.20. The van der Waals surface area contributed by atoms with Gasteiger partial charge in [0.2, 0.25) is 0 Å². The Morgan fingerprint density at radius 3 is 2.83 bits per heavy atom. The van der Waals surface area contributed by atoms with Gasteiger partial charge in [-0.15, -0.1) is 0 Å². The van der Waals surface area contributed by atoms with Crippen LogP contribution >= 0.6 is 15.9 Å². The summed E-state index contributed by atoms with van der Waals surface area (Å²) in [5, 5.41) is 0. The summed E-state index contributed by atoms with van der Waals surface area (Å²) in [7, 11) is 3.56. The lowest BCUT2D eigenvalue weighted by Crippen LogP contribution is -2.31. The number of hydrazine groups is 1. The van der Waals surface area contributed by atoms with Gasteiger partial charge in [-0.05, 0) is 12.1 Å². The number of hydrogen-bond acceptors (Lipinski definition) is 4. The van der Waals surface area contributed by atoms with Gasteiger partial charge in [0, 0.05) is 29.5 Å². The summed E-state index contributed by atoms with van der Waals surface area (Å²) in [6, 6.07) is 5.60. The molecule has 0 radical (unpaired) electrons. The van der Waals surface area contributed by atoms with Gasteiger partial charge in [0.15, 0.2) is 0 Å². The predicted octanol–water partition coefficient (Wildman–Crippen LogP) is 1.74. The molecule has 0 saturated carbocycles. The lowest BCUT2D eigenvalue weighted by molar-refractivity contribution is 0.402. The van der Waals surface area contributed by atoms with E-state index in [-0.39, 0.29) is 6.04 Å². The summed E-state index contributed by atoms with van der Waals surface area (Å²) < 4.78 is 8.26. The van der Waals surface area contributed by atoms with Crippen LogP contribution in [-0.4, -0.2) is 16.7 Å². The quantitative estimate of drug-likeness (QED) is 0.667. The summed E-state index contributed by atoms with van der Waals surface area (Å²) in [6.07, 6.45) is 3.62. The van der Waals surface area contributed by atoms with E-state index >= 15 is 0 Å². The van der Waals surface area contributed by atoms with Gasteiger partial charge >= 0.3 is 0 Å². The van der Waals surface area contributed by atoms with Gasteiger partial charge in [-0.3, -0.25) is 5.84 Å². The zero-order valence-electron chi connectivity index (χ0n) is 10.2. The van der Waals surface area contributed by atoms with Gasteiger partial charge in [-0.2, -0.15) is 0 Å². The van der Waals surface area contributed by atoms with E-state index in [9.17, 15) is 0 Å². The Morgan fingerprint density at radius 2 is 2.28 bits per heavy atom. The molecular weight excluding hydrogens is 296 g/mol. The largest absolute Gasteiger partial charge is 0.496 e. The van der Waals surface area contributed by atoms with Crippen molar-refractivity contribution >= 4 is 15.9 Å². The Balaban J connectivity index is 2.48. The van der Waals surface area contributed by atoms with Crippen molar-refractivity contribution in [1.82, 2.24) is 15.0 Å². The van der Waals surface area contributed by atoms with Crippen LogP contribution in [0.25, 0.3) is 0 Å². The average Bonchev–Trinajstić information content (AvgIpc) is 2.78. The number of methoxy groups -OCH3 is 1. The first-order valence-corrected chi connectivity index (χ1v) is 6.23. The minimum Gasteiger partial charge on any atom is -0.496 e. The van der Waals surface area contributed by atoms with Crippen molar-refractivity contribution in [2.24, 2.45) is 12.9 Å². The number of nitrogens with one attached hydrogen (secondary N) is 1. The molecule has 0 aliphatic heterocycles. The summed E-state index contributed by atoms with van der Waals surface area (Å²) in [4.78, 5) is 4.31. The molecule has 2 rings (SSSR count). The minimum atomic E-state index is -0.215. The number of ether oxygens (including phenoxy) is 1. The smallest absolute Gasteiger partial charge is 0.131 e. The Kier molecular flexibility index (Phi) is 4.00. The van der Waals surface area contributed by atoms with E-state index in [0.717, 1.165) is 21.6 Å². The molecule has 1 aromatic carbocycles. The second kappa shape index (κ2) is 5.51. The van der Waals surface area contributed by atoms with Crippen LogP contribution < -0.4 is 16.0 Å². The highest BCUT2D eigenvalue weighted by Crippen LogP contribution is 2.31. The molecule has 0 aliphatic rings. The van der Waals surface area contributed by atoms with Gasteiger partial charge in [0.1, 0.15) is 17.6 Å². The molecular formula is C12H15BrN4O. The second-order valence-electron chi connectivity index (χ2n) is 3.88. The number of nitrogens with zero attached hydrogens (tertiary/aromatic N) is 2. The topological polar surface area (TPSA) is 65.1 Å². The first-order valence-electron chi connectivity index (χ1n) is 5.44. The van der Waals surface area contributed by atoms with Crippen LogP contribution in [-0.2, 0) is 7.05 Å². The number of benzene rings is 1. The summed E-state index contributed by atoms with van der Waals surface area (Å²) in [5.74, 6) is 7.25. The van der Waals surface area contributed by atoms with Crippen LogP contribution in [0.3, 0.4) is 0 Å². The van der Waals surface area contributed by atoms with Crippen molar-refractivity contribution in [3.8, 4) is 5.75 Å². The molecule has 0 bridgehead atoms. The van der Waals surface area contributed by atoms with Crippen molar-refractivity contribution in [2.75, 3.05) is 7.11 Å². The number of hydrogen-bond donors (Lipinski definition) is 2. The summed E-state index contributed by atoms with van der Waals surface area (Å²) >= 11 is 3.42. The number of imidazole rings is 1. The fraction of sp³-hybridized carbons (Fsp3) is 0.250. The molecule has 1 aromatic heterocycles. The number of nitrogens with two attached hydrogens (primary N) is 1. The summed E-state index contributed by atoms with van der Waals surface area (Å²) in [6.45, 7) is 0. The zero-order valence-corrected chi connectivity index (χ0v) is 11.8. The molecule has 18 heavy (non-hydrogen) atoms. The van der Waals surface area contributed by atoms with Gasteiger partial charge in [-0.1, -0.05) is 22.0 Å². The van der Waals surface area contributed by atoms with Gasteiger partial charge < -0.3 is 9.30 Å². The molecule has 5 nitrogen and oxygen atoms in total. The highest BCUT2D eigenvalue weighted by atomic mass is 79.9. The van der Waals surface area contributed by atoms with Crippen LogP contribution in [0.4, 0.5) is 0 Å². The van der Waals surface area contributed by atoms with Crippen LogP contribution in [0.15, 0.2) is 35.1 Å². The fourth-order valence-electron chi connectivity index (χ4n) is 1.88. The number of aryl methyl sites for hydroxylation is 1. The minimum absolute atomic E-state index is 0.215. The Morgan fingerprint density at radius 1 is 1.50 bits per heavy atom. The first kappa shape index (κ1) is 13.1. The molecule has 6 heteroatoms. The van der Waals surface area contributed by atoms with Crippen molar-refractivity contribution in [3.63, 3.8) is 0 Å². The van der Waals surface area contributed by atoms with Crippen molar-refractivity contribution < 1.29 is 4.74 Å². The number of rotatable bonds is 4. The molecule has 3 N–H and O–H groups in total. The molecule has 0 aliphatic carbocycles. The van der Waals surface area contributed by atoms with Gasteiger partial charge in [0.05, 0.1) is 7.11 Å². The Hall–Kier alpha value is -1.37. The van der Waals surface area contributed by atoms with E-state index in [4.69, 9.17) is 10.6 Å². The van der Waals surface area contributed by atoms with Crippen LogP contribution in [0.5, 0.6) is 5.75 Å². The highest BCUT2D eigenvalue weighted by molar-refractivity contribution is 9.10. The SMILES string of the molecule is COc1cc(Br)ccc1C(NN)c1nccn1C. The maximum atomic E-state index is 5.66. The molecule has 0 amide bonds. The van der Waals surface area contributed by atoms with E-state index in [2.05, 4.69) is 26.3 Å². The zero-order chi connectivity index (χ0) is 13.1. The van der Waals surface area contributed by atoms with Crippen molar-refractivity contribution in [2.45, 2.75) is 6.04 Å². The molecule has 0 saturated heterocycles. The third kappa shape index (κ3) is 2.40. The van der Waals surface area contributed by atoms with Crippen molar-refractivity contribution in [3.05, 3.63) is 46.5 Å². The first-order chi connectivity index (χ1) is 8.67. The molecule has 1 unspecified atom stereocenters. The third-order valence-corrected chi connectivity index (χ3v) is 3.28. The Bertz CT molecular complexity index is 541. The maximum absolute atomic E-state index is 5.66. The standard InChI is InChI=1S/C12H15BrN4O/c1-17-6-5-15-12(17)11(16-14)9-4-3-8(13)7-10(9)18-2/h3-7,11,16H,14H2,1-2H3. The van der Waals surface area contributed by atoms with E-state index in [1.54, 1.807) is 13.3 Å². The van der Waals surface area contributed by atoms with E-state index in [0.29, 0.717) is 0 Å². The van der Waals surface area contributed by atoms with Crippen LogP contribution in [0.1, 0.15) is 17.4 Å². The predicted molar refractivity (Wildman–Crippen MR) is 73.1 cm³/mol. The van der Waals surface area contributed by atoms with E-state index < -0.39 is 0 Å². The third-order valence-electron chi connectivity index (χ3n) is 2.79. The lowest BCUT2D eigenvalue weighted by atomic mass is 10.1. The van der Waals surface area contributed by atoms with Crippen molar-refractivity contribution in [1.29, 1.82) is 0 Å². The second-order valence-corrected chi connectivity index (χ2v) is 4.80. The molecule has 0 spiro atoms. The molecule has 96 valence electrons. The van der Waals surface area contributed by atoms with Gasteiger partial charge in [0.25, 0.3) is 0 Å². The average molecular weight is 311 g/mol. The van der Waals surface area contributed by atoms with Crippen LogP contribution in [0, 0.1) is 0 Å². The Labute approximate surface area is 114 Å². The van der Waals surface area contributed by atoms with E-state index in [1.165, 1.54) is 0 Å². The van der Waals surface area contributed by atoms with E-state index in [1.807, 2.05) is 36.0 Å². The number of halogens is 1. The van der Waals surface area contributed by atoms with Gasteiger partial charge in [-0.25, -0.2) is 10.4 Å². The maximum Gasteiger partial charge on any atom is 0.131 e. The lowest BCUT2D eigenvalue weighted by Gasteiger charge is -2.19. The normalized spacial score (nSPS) is 12.4. The fourth-order valence-corrected chi connectivity index (χ4v) is 2.22. The molecule has 1 atom stereocenters.